The summed E-state index contributed by atoms with van der Waals surface area (Å²) in [5.41, 5.74) is 2.03. The van der Waals surface area contributed by atoms with Crippen LogP contribution in [-0.4, -0.2) is 59.3 Å². The van der Waals surface area contributed by atoms with E-state index in [0.717, 1.165) is 11.1 Å². The molecule has 112 valence electrons. The van der Waals surface area contributed by atoms with Crippen molar-refractivity contribution in [3.8, 4) is 0 Å². The molecule has 2 aliphatic heterocycles. The van der Waals surface area contributed by atoms with E-state index in [0.29, 0.717) is 39.3 Å². The lowest BCUT2D eigenvalue weighted by Gasteiger charge is -2.38. The van der Waals surface area contributed by atoms with Crippen LogP contribution in [0.3, 0.4) is 0 Å². The van der Waals surface area contributed by atoms with E-state index in [-0.39, 0.29) is 6.03 Å². The third-order valence-electron chi connectivity index (χ3n) is 4.06. The molecule has 1 unspecified atom stereocenters. The van der Waals surface area contributed by atoms with Gasteiger partial charge in [-0.15, -0.1) is 0 Å². The standard InChI is InChI=1S/C15H18N2O4/c18-14(19)13-9-11-3-1-2-4-12(11)10-17(13)15(20)16-5-7-21-8-6-16/h1-4,13H,5-10H2,(H,18,19). The highest BCUT2D eigenvalue weighted by Gasteiger charge is 2.36. The first kappa shape index (κ1) is 13.9. The van der Waals surface area contributed by atoms with Gasteiger partial charge in [0.2, 0.25) is 0 Å². The van der Waals surface area contributed by atoms with E-state index in [1.807, 2.05) is 24.3 Å². The third kappa shape index (κ3) is 2.71. The van der Waals surface area contributed by atoms with E-state index in [4.69, 9.17) is 4.74 Å². The summed E-state index contributed by atoms with van der Waals surface area (Å²) in [5.74, 6) is -0.953. The third-order valence-corrected chi connectivity index (χ3v) is 4.06. The Balaban J connectivity index is 1.85. The molecule has 1 atom stereocenters. The largest absolute Gasteiger partial charge is 0.480 e. The number of fused-ring (bicyclic) bond motifs is 1. The molecule has 1 saturated heterocycles. The van der Waals surface area contributed by atoms with Gasteiger partial charge in [-0.05, 0) is 11.1 Å². The number of aliphatic carboxylic acids is 1. The summed E-state index contributed by atoms with van der Waals surface area (Å²) in [6, 6.07) is 6.69. The fraction of sp³-hybridized carbons (Fsp3) is 0.467. The van der Waals surface area contributed by atoms with E-state index in [2.05, 4.69) is 0 Å². The van der Waals surface area contributed by atoms with E-state index < -0.39 is 12.0 Å². The van der Waals surface area contributed by atoms with E-state index in [9.17, 15) is 14.7 Å². The topological polar surface area (TPSA) is 70.1 Å². The molecular formula is C15H18N2O4. The number of ether oxygens (including phenoxy) is 1. The molecule has 2 aliphatic rings. The van der Waals surface area contributed by atoms with Gasteiger partial charge in [-0.1, -0.05) is 24.3 Å². The lowest BCUT2D eigenvalue weighted by Crippen LogP contribution is -2.55. The molecule has 0 saturated carbocycles. The first-order valence-electron chi connectivity index (χ1n) is 7.09. The summed E-state index contributed by atoms with van der Waals surface area (Å²) in [4.78, 5) is 27.3. The summed E-state index contributed by atoms with van der Waals surface area (Å²) in [7, 11) is 0. The van der Waals surface area contributed by atoms with Crippen molar-refractivity contribution >= 4 is 12.0 Å². The number of carboxylic acids is 1. The zero-order chi connectivity index (χ0) is 14.8. The number of carboxylic acid groups (broad SMARTS) is 1. The Hall–Kier alpha value is -2.08. The lowest BCUT2D eigenvalue weighted by molar-refractivity contribution is -0.143. The van der Waals surface area contributed by atoms with Gasteiger partial charge in [0.25, 0.3) is 0 Å². The molecule has 0 radical (unpaired) electrons. The summed E-state index contributed by atoms with van der Waals surface area (Å²) in [6.45, 7) is 2.40. The maximum atomic E-state index is 12.6. The molecule has 6 heteroatoms. The molecule has 2 heterocycles. The molecule has 0 aliphatic carbocycles. The lowest BCUT2D eigenvalue weighted by atomic mass is 9.94. The first-order valence-corrected chi connectivity index (χ1v) is 7.09. The molecule has 21 heavy (non-hydrogen) atoms. The van der Waals surface area contributed by atoms with Crippen molar-refractivity contribution in [2.24, 2.45) is 0 Å². The average Bonchev–Trinajstić information content (AvgIpc) is 2.53. The van der Waals surface area contributed by atoms with Gasteiger partial charge in [-0.2, -0.15) is 0 Å². The molecule has 6 nitrogen and oxygen atoms in total. The van der Waals surface area contributed by atoms with E-state index >= 15 is 0 Å². The smallest absolute Gasteiger partial charge is 0.326 e. The fourth-order valence-corrected chi connectivity index (χ4v) is 2.88. The van der Waals surface area contributed by atoms with Gasteiger partial charge in [0.1, 0.15) is 6.04 Å². The Morgan fingerprint density at radius 2 is 1.81 bits per heavy atom. The van der Waals surface area contributed by atoms with Crippen molar-refractivity contribution in [3.05, 3.63) is 35.4 Å². The normalized spacial score (nSPS) is 21.8. The van der Waals surface area contributed by atoms with Gasteiger partial charge < -0.3 is 19.6 Å². The van der Waals surface area contributed by atoms with Crippen LogP contribution >= 0.6 is 0 Å². The molecule has 0 bridgehead atoms. The van der Waals surface area contributed by atoms with Gasteiger partial charge in [-0.25, -0.2) is 9.59 Å². The van der Waals surface area contributed by atoms with Gasteiger partial charge >= 0.3 is 12.0 Å². The summed E-state index contributed by atoms with van der Waals surface area (Å²) >= 11 is 0. The number of urea groups is 1. The summed E-state index contributed by atoms with van der Waals surface area (Å²) < 4.78 is 5.24. The SMILES string of the molecule is O=C(O)C1Cc2ccccc2CN1C(=O)N1CCOCC1. The number of morpholine rings is 1. The molecule has 1 fully saturated rings. The van der Waals surface area contributed by atoms with E-state index in [1.54, 1.807) is 4.90 Å². The van der Waals surface area contributed by atoms with Gasteiger partial charge in [0.05, 0.1) is 13.2 Å². The van der Waals surface area contributed by atoms with Crippen molar-refractivity contribution in [2.45, 2.75) is 19.0 Å². The summed E-state index contributed by atoms with van der Waals surface area (Å²) in [6.07, 6.45) is 0.363. The summed E-state index contributed by atoms with van der Waals surface area (Å²) in [5, 5.41) is 9.44. The first-order chi connectivity index (χ1) is 10.2. The number of benzene rings is 1. The maximum absolute atomic E-state index is 12.6. The minimum Gasteiger partial charge on any atom is -0.480 e. The second-order valence-electron chi connectivity index (χ2n) is 5.34. The van der Waals surface area contributed by atoms with Crippen molar-refractivity contribution < 1.29 is 19.4 Å². The quantitative estimate of drug-likeness (QED) is 0.836. The number of hydrogen-bond acceptors (Lipinski definition) is 3. The van der Waals surface area contributed by atoms with Crippen LogP contribution in [0, 0.1) is 0 Å². The van der Waals surface area contributed by atoms with Crippen LogP contribution < -0.4 is 0 Å². The molecule has 0 spiro atoms. The second kappa shape index (κ2) is 5.73. The number of carbonyl (C=O) groups is 2. The molecule has 1 aromatic rings. The number of carbonyl (C=O) groups excluding carboxylic acids is 1. The highest BCUT2D eigenvalue weighted by molar-refractivity contribution is 5.83. The predicted octanol–water partition coefficient (Wildman–Crippen LogP) is 0.950. The Morgan fingerprint density at radius 3 is 2.48 bits per heavy atom. The fourth-order valence-electron chi connectivity index (χ4n) is 2.88. The van der Waals surface area contributed by atoms with Crippen molar-refractivity contribution in [2.75, 3.05) is 26.3 Å². The van der Waals surface area contributed by atoms with Gasteiger partial charge in [0, 0.05) is 26.1 Å². The Bertz CT molecular complexity index is 554. The van der Waals surface area contributed by atoms with Crippen LogP contribution in [0.2, 0.25) is 0 Å². The van der Waals surface area contributed by atoms with Gasteiger partial charge in [0.15, 0.2) is 0 Å². The zero-order valence-corrected chi connectivity index (χ0v) is 11.7. The van der Waals surface area contributed by atoms with Crippen LogP contribution in [-0.2, 0) is 22.5 Å². The monoisotopic (exact) mass is 290 g/mol. The van der Waals surface area contributed by atoms with Gasteiger partial charge in [-0.3, -0.25) is 0 Å². The zero-order valence-electron chi connectivity index (χ0n) is 11.7. The molecule has 1 N–H and O–H groups in total. The van der Waals surface area contributed by atoms with E-state index in [1.165, 1.54) is 4.90 Å². The van der Waals surface area contributed by atoms with Crippen LogP contribution in [0.1, 0.15) is 11.1 Å². The highest BCUT2D eigenvalue weighted by atomic mass is 16.5. The Kier molecular flexibility index (Phi) is 3.79. The minimum absolute atomic E-state index is 0.208. The predicted molar refractivity (Wildman–Crippen MR) is 74.9 cm³/mol. The maximum Gasteiger partial charge on any atom is 0.326 e. The number of rotatable bonds is 1. The van der Waals surface area contributed by atoms with Crippen LogP contribution in [0.5, 0.6) is 0 Å². The molecular weight excluding hydrogens is 272 g/mol. The second-order valence-corrected chi connectivity index (χ2v) is 5.34. The van der Waals surface area contributed by atoms with Crippen molar-refractivity contribution in [1.82, 2.24) is 9.80 Å². The number of nitrogens with zero attached hydrogens (tertiary/aromatic N) is 2. The van der Waals surface area contributed by atoms with Crippen LogP contribution in [0.4, 0.5) is 4.79 Å². The molecule has 1 aromatic carbocycles. The molecule has 2 amide bonds. The van der Waals surface area contributed by atoms with Crippen molar-refractivity contribution in [1.29, 1.82) is 0 Å². The highest BCUT2D eigenvalue weighted by Crippen LogP contribution is 2.24. The molecule has 3 rings (SSSR count). The van der Waals surface area contributed by atoms with Crippen molar-refractivity contribution in [3.63, 3.8) is 0 Å². The molecule has 0 aromatic heterocycles. The Morgan fingerprint density at radius 1 is 1.14 bits per heavy atom. The van der Waals surface area contributed by atoms with Crippen LogP contribution in [0.25, 0.3) is 0 Å². The Labute approximate surface area is 122 Å². The average molecular weight is 290 g/mol. The number of amides is 2. The number of hydrogen-bond donors (Lipinski definition) is 1. The van der Waals surface area contributed by atoms with Crippen LogP contribution in [0.15, 0.2) is 24.3 Å². The minimum atomic E-state index is -0.953.